The SMILES string of the molecule is Cc1ccc2c(CCCNC3CC3)c(C)[nH]c2c1. The highest BCUT2D eigenvalue weighted by molar-refractivity contribution is 5.85. The molecule has 2 N–H and O–H groups in total. The molecule has 2 heteroatoms. The number of aromatic nitrogens is 1. The van der Waals surface area contributed by atoms with E-state index in [1.165, 1.54) is 53.4 Å². The van der Waals surface area contributed by atoms with Gasteiger partial charge >= 0.3 is 0 Å². The van der Waals surface area contributed by atoms with Crippen molar-refractivity contribution in [1.82, 2.24) is 10.3 Å². The summed E-state index contributed by atoms with van der Waals surface area (Å²) in [6.45, 7) is 5.50. The molecule has 3 rings (SSSR count). The van der Waals surface area contributed by atoms with Crippen LogP contribution >= 0.6 is 0 Å². The van der Waals surface area contributed by atoms with Gasteiger partial charge in [-0.1, -0.05) is 12.1 Å². The van der Waals surface area contributed by atoms with E-state index in [9.17, 15) is 0 Å². The van der Waals surface area contributed by atoms with Crippen molar-refractivity contribution >= 4 is 10.9 Å². The summed E-state index contributed by atoms with van der Waals surface area (Å²) in [5, 5.41) is 4.99. The van der Waals surface area contributed by atoms with Gasteiger partial charge in [-0.2, -0.15) is 0 Å². The smallest absolute Gasteiger partial charge is 0.0461 e. The Morgan fingerprint density at radius 2 is 2.11 bits per heavy atom. The van der Waals surface area contributed by atoms with E-state index in [-0.39, 0.29) is 0 Å². The van der Waals surface area contributed by atoms with Crippen LogP contribution in [0.15, 0.2) is 18.2 Å². The van der Waals surface area contributed by atoms with Crippen LogP contribution in [-0.2, 0) is 6.42 Å². The predicted molar refractivity (Wildman–Crippen MR) is 77.1 cm³/mol. The Bertz CT molecular complexity index is 549. The molecule has 18 heavy (non-hydrogen) atoms. The van der Waals surface area contributed by atoms with Gasteiger partial charge in [0.2, 0.25) is 0 Å². The maximum Gasteiger partial charge on any atom is 0.0461 e. The van der Waals surface area contributed by atoms with Crippen molar-refractivity contribution in [2.24, 2.45) is 0 Å². The van der Waals surface area contributed by atoms with E-state index in [1.807, 2.05) is 0 Å². The van der Waals surface area contributed by atoms with E-state index in [0.717, 1.165) is 12.6 Å². The van der Waals surface area contributed by atoms with Gasteiger partial charge in [0.25, 0.3) is 0 Å². The van der Waals surface area contributed by atoms with Gasteiger partial charge in [0.1, 0.15) is 0 Å². The maximum absolute atomic E-state index is 3.59. The summed E-state index contributed by atoms with van der Waals surface area (Å²) < 4.78 is 0. The first kappa shape index (κ1) is 11.8. The summed E-state index contributed by atoms with van der Waals surface area (Å²) in [7, 11) is 0. The lowest BCUT2D eigenvalue weighted by atomic mass is 10.0. The lowest BCUT2D eigenvalue weighted by Gasteiger charge is -2.03. The molecule has 1 saturated carbocycles. The lowest BCUT2D eigenvalue weighted by molar-refractivity contribution is 0.646. The number of fused-ring (bicyclic) bond motifs is 1. The molecule has 1 aromatic heterocycles. The number of hydrogen-bond donors (Lipinski definition) is 2. The molecule has 2 aromatic rings. The average molecular weight is 242 g/mol. The molecule has 1 fully saturated rings. The van der Waals surface area contributed by atoms with Crippen molar-refractivity contribution in [1.29, 1.82) is 0 Å². The van der Waals surface area contributed by atoms with Gasteiger partial charge in [-0.3, -0.25) is 0 Å². The van der Waals surface area contributed by atoms with Gasteiger partial charge in [0, 0.05) is 22.6 Å². The molecule has 0 saturated heterocycles. The van der Waals surface area contributed by atoms with E-state index in [2.05, 4.69) is 42.3 Å². The molecule has 1 aliphatic rings. The first-order chi connectivity index (χ1) is 8.74. The van der Waals surface area contributed by atoms with E-state index < -0.39 is 0 Å². The third-order valence-corrected chi connectivity index (χ3v) is 3.89. The van der Waals surface area contributed by atoms with Gasteiger partial charge in [-0.05, 0) is 63.3 Å². The highest BCUT2D eigenvalue weighted by Crippen LogP contribution is 2.24. The molecular weight excluding hydrogens is 220 g/mol. The molecule has 0 atom stereocenters. The summed E-state index contributed by atoms with van der Waals surface area (Å²) in [5.41, 5.74) is 5.45. The van der Waals surface area contributed by atoms with Crippen molar-refractivity contribution in [2.75, 3.05) is 6.54 Å². The Morgan fingerprint density at radius 1 is 1.28 bits per heavy atom. The topological polar surface area (TPSA) is 27.8 Å². The van der Waals surface area contributed by atoms with Gasteiger partial charge in [0.05, 0.1) is 0 Å². The second kappa shape index (κ2) is 4.77. The van der Waals surface area contributed by atoms with Gasteiger partial charge < -0.3 is 10.3 Å². The van der Waals surface area contributed by atoms with E-state index >= 15 is 0 Å². The number of rotatable bonds is 5. The monoisotopic (exact) mass is 242 g/mol. The Labute approximate surface area is 109 Å². The second-order valence-corrected chi connectivity index (χ2v) is 5.61. The summed E-state index contributed by atoms with van der Waals surface area (Å²) in [5.74, 6) is 0. The highest BCUT2D eigenvalue weighted by Gasteiger charge is 2.19. The number of benzene rings is 1. The van der Waals surface area contributed by atoms with Crippen molar-refractivity contribution < 1.29 is 0 Å². The molecule has 0 aliphatic heterocycles. The highest BCUT2D eigenvalue weighted by atomic mass is 14.9. The third-order valence-electron chi connectivity index (χ3n) is 3.89. The number of aromatic amines is 1. The van der Waals surface area contributed by atoms with Crippen LogP contribution in [-0.4, -0.2) is 17.6 Å². The zero-order valence-electron chi connectivity index (χ0n) is 11.3. The molecule has 0 bridgehead atoms. The standard InChI is InChI=1S/C16H22N2/c1-11-5-8-15-14(12(2)18-16(15)10-11)4-3-9-17-13-6-7-13/h5,8,10,13,17-18H,3-4,6-7,9H2,1-2H3. The molecule has 96 valence electrons. The number of aryl methyl sites for hydroxylation is 3. The zero-order valence-corrected chi connectivity index (χ0v) is 11.3. The first-order valence-corrected chi connectivity index (χ1v) is 7.05. The second-order valence-electron chi connectivity index (χ2n) is 5.61. The first-order valence-electron chi connectivity index (χ1n) is 7.05. The van der Waals surface area contributed by atoms with E-state index in [1.54, 1.807) is 0 Å². The molecule has 0 spiro atoms. The molecule has 2 nitrogen and oxygen atoms in total. The minimum absolute atomic E-state index is 0.830. The van der Waals surface area contributed by atoms with Crippen LogP contribution in [0.3, 0.4) is 0 Å². The molecule has 0 amide bonds. The number of hydrogen-bond acceptors (Lipinski definition) is 1. The summed E-state index contributed by atoms with van der Waals surface area (Å²) in [4.78, 5) is 3.51. The Balaban J connectivity index is 1.71. The fourth-order valence-electron chi connectivity index (χ4n) is 2.69. The summed E-state index contributed by atoms with van der Waals surface area (Å²) in [6, 6.07) is 7.55. The van der Waals surface area contributed by atoms with Crippen molar-refractivity contribution in [3.63, 3.8) is 0 Å². The minimum atomic E-state index is 0.830. The molecular formula is C16H22N2. The number of nitrogens with one attached hydrogen (secondary N) is 2. The summed E-state index contributed by atoms with van der Waals surface area (Å²) in [6.07, 6.45) is 5.17. The zero-order chi connectivity index (χ0) is 12.5. The molecule has 1 heterocycles. The largest absolute Gasteiger partial charge is 0.358 e. The van der Waals surface area contributed by atoms with Crippen LogP contribution in [0, 0.1) is 13.8 Å². The third kappa shape index (κ3) is 2.44. The van der Waals surface area contributed by atoms with Gasteiger partial charge in [-0.25, -0.2) is 0 Å². The van der Waals surface area contributed by atoms with Gasteiger partial charge in [0.15, 0.2) is 0 Å². The fourth-order valence-corrected chi connectivity index (χ4v) is 2.69. The van der Waals surface area contributed by atoms with Crippen molar-refractivity contribution in [3.05, 3.63) is 35.0 Å². The summed E-state index contributed by atoms with van der Waals surface area (Å²) >= 11 is 0. The van der Waals surface area contributed by atoms with Crippen LogP contribution < -0.4 is 5.32 Å². The fraction of sp³-hybridized carbons (Fsp3) is 0.500. The van der Waals surface area contributed by atoms with Crippen molar-refractivity contribution in [2.45, 2.75) is 45.6 Å². The Hall–Kier alpha value is -1.28. The minimum Gasteiger partial charge on any atom is -0.358 e. The Morgan fingerprint density at radius 3 is 2.89 bits per heavy atom. The van der Waals surface area contributed by atoms with Crippen LogP contribution in [0.2, 0.25) is 0 Å². The molecule has 0 unspecified atom stereocenters. The number of H-pyrrole nitrogens is 1. The quantitative estimate of drug-likeness (QED) is 0.772. The average Bonchev–Trinajstić information content (AvgIpc) is 3.10. The van der Waals surface area contributed by atoms with Crippen LogP contribution in [0.1, 0.15) is 36.1 Å². The molecule has 1 aliphatic carbocycles. The normalized spacial score (nSPS) is 15.4. The van der Waals surface area contributed by atoms with Gasteiger partial charge in [-0.15, -0.1) is 0 Å². The molecule has 1 aromatic carbocycles. The van der Waals surface area contributed by atoms with Crippen molar-refractivity contribution in [3.8, 4) is 0 Å². The van der Waals surface area contributed by atoms with Crippen LogP contribution in [0.25, 0.3) is 10.9 Å². The Kier molecular flexibility index (Phi) is 3.13. The van der Waals surface area contributed by atoms with Crippen LogP contribution in [0.4, 0.5) is 0 Å². The van der Waals surface area contributed by atoms with Crippen LogP contribution in [0.5, 0.6) is 0 Å². The molecule has 0 radical (unpaired) electrons. The maximum atomic E-state index is 3.59. The predicted octanol–water partition coefficient (Wildman–Crippen LogP) is 3.47. The van der Waals surface area contributed by atoms with E-state index in [4.69, 9.17) is 0 Å². The van der Waals surface area contributed by atoms with E-state index in [0.29, 0.717) is 0 Å². The lowest BCUT2D eigenvalue weighted by Crippen LogP contribution is -2.17.